The van der Waals surface area contributed by atoms with Crippen molar-refractivity contribution in [2.45, 2.75) is 44.3 Å². The van der Waals surface area contributed by atoms with Crippen molar-refractivity contribution in [1.29, 1.82) is 0 Å². The number of thioether (sulfide) groups is 1. The zero-order valence-electron chi connectivity index (χ0n) is 17.6. The number of carbonyl (C=O) groups is 2. The fraction of sp³-hybridized carbons (Fsp3) is 0.273. The van der Waals surface area contributed by atoms with E-state index in [4.69, 9.17) is 11.6 Å². The number of anilines is 2. The highest BCUT2D eigenvalue weighted by molar-refractivity contribution is 8.00. The van der Waals surface area contributed by atoms with Crippen LogP contribution in [0.25, 0.3) is 0 Å². The van der Waals surface area contributed by atoms with Crippen LogP contribution < -0.4 is 10.6 Å². The molecule has 7 nitrogen and oxygen atoms in total. The molecule has 9 heteroatoms. The molecule has 0 unspecified atom stereocenters. The minimum absolute atomic E-state index is 0.0120. The Morgan fingerprint density at radius 2 is 1.71 bits per heavy atom. The van der Waals surface area contributed by atoms with Crippen molar-refractivity contribution in [1.82, 2.24) is 14.8 Å². The van der Waals surface area contributed by atoms with Crippen LogP contribution in [0.2, 0.25) is 5.02 Å². The second-order valence-corrected chi connectivity index (χ2v) is 8.63. The average molecular weight is 458 g/mol. The van der Waals surface area contributed by atoms with Gasteiger partial charge in [0.15, 0.2) is 16.8 Å². The zero-order chi connectivity index (χ0) is 22.4. The normalized spacial score (nSPS) is 11.7. The molecule has 1 atom stereocenters. The van der Waals surface area contributed by atoms with E-state index in [1.165, 1.54) is 18.7 Å². The summed E-state index contributed by atoms with van der Waals surface area (Å²) in [6, 6.07) is 14.3. The summed E-state index contributed by atoms with van der Waals surface area (Å²) in [6.45, 7) is 6.54. The molecule has 2 N–H and O–H groups in total. The van der Waals surface area contributed by atoms with E-state index < -0.39 is 0 Å². The number of hydrogen-bond donors (Lipinski definition) is 2. The number of ketones is 1. The Bertz CT molecular complexity index is 1050. The maximum atomic E-state index is 12.6. The molecule has 1 heterocycles. The van der Waals surface area contributed by atoms with Gasteiger partial charge >= 0.3 is 0 Å². The molecule has 0 aliphatic carbocycles. The van der Waals surface area contributed by atoms with Crippen LogP contribution in [0, 0.1) is 0 Å². The van der Waals surface area contributed by atoms with Crippen molar-refractivity contribution in [3.63, 3.8) is 0 Å². The molecule has 1 aromatic heterocycles. The fourth-order valence-corrected chi connectivity index (χ4v) is 3.91. The van der Waals surface area contributed by atoms with Gasteiger partial charge in [0.05, 0.1) is 11.8 Å². The van der Waals surface area contributed by atoms with E-state index in [1.54, 1.807) is 24.3 Å². The summed E-state index contributed by atoms with van der Waals surface area (Å²) in [5, 5.41) is 15.7. The van der Waals surface area contributed by atoms with E-state index >= 15 is 0 Å². The van der Waals surface area contributed by atoms with Crippen LogP contribution in [0.4, 0.5) is 11.4 Å². The highest BCUT2D eigenvalue weighted by atomic mass is 35.5. The smallest absolute Gasteiger partial charge is 0.237 e. The predicted octanol–water partition coefficient (Wildman–Crippen LogP) is 4.89. The number of hydrogen-bond acceptors (Lipinski definition) is 6. The largest absolute Gasteiger partial charge is 0.378 e. The first-order valence-electron chi connectivity index (χ1n) is 9.87. The van der Waals surface area contributed by atoms with E-state index in [2.05, 4.69) is 20.8 Å². The summed E-state index contributed by atoms with van der Waals surface area (Å²) in [5.74, 6) is 0.626. The third-order valence-corrected chi connectivity index (χ3v) is 5.95. The van der Waals surface area contributed by atoms with Gasteiger partial charge in [0.1, 0.15) is 0 Å². The monoisotopic (exact) mass is 457 g/mol. The number of rotatable bonds is 9. The molecule has 31 heavy (non-hydrogen) atoms. The van der Waals surface area contributed by atoms with E-state index in [1.807, 2.05) is 42.7 Å². The number of nitrogens with zero attached hydrogens (tertiary/aromatic N) is 3. The molecule has 3 aromatic rings. The molecular formula is C22H24ClN5O2S. The summed E-state index contributed by atoms with van der Waals surface area (Å²) >= 11 is 7.27. The van der Waals surface area contributed by atoms with Crippen molar-refractivity contribution < 1.29 is 9.59 Å². The van der Waals surface area contributed by atoms with Gasteiger partial charge < -0.3 is 15.2 Å². The van der Waals surface area contributed by atoms with Gasteiger partial charge in [0, 0.05) is 28.5 Å². The van der Waals surface area contributed by atoms with Gasteiger partial charge in [0.25, 0.3) is 0 Å². The number of carbonyl (C=O) groups excluding carboxylic acids is 2. The molecule has 0 saturated carbocycles. The Hall–Kier alpha value is -2.84. The van der Waals surface area contributed by atoms with Gasteiger partial charge in [0.2, 0.25) is 5.91 Å². The summed E-state index contributed by atoms with van der Waals surface area (Å²) in [5.41, 5.74) is 2.19. The fourth-order valence-electron chi connectivity index (χ4n) is 2.85. The Morgan fingerprint density at radius 1 is 1.06 bits per heavy atom. The Kier molecular flexibility index (Phi) is 7.70. The second kappa shape index (κ2) is 10.5. The molecule has 0 aliphatic rings. The van der Waals surface area contributed by atoms with E-state index in [-0.39, 0.29) is 16.9 Å². The first-order valence-corrected chi connectivity index (χ1v) is 11.1. The second-order valence-electron chi connectivity index (χ2n) is 6.89. The van der Waals surface area contributed by atoms with Crippen LogP contribution in [0.3, 0.4) is 0 Å². The summed E-state index contributed by atoms with van der Waals surface area (Å²) < 4.78 is 1.99. The highest BCUT2D eigenvalue weighted by Gasteiger charge is 2.20. The van der Waals surface area contributed by atoms with Crippen molar-refractivity contribution in [3.05, 3.63) is 64.9 Å². The van der Waals surface area contributed by atoms with Gasteiger partial charge in [-0.2, -0.15) is 0 Å². The van der Waals surface area contributed by atoms with Gasteiger partial charge in [-0.25, -0.2) is 0 Å². The molecule has 0 aliphatic heterocycles. The van der Waals surface area contributed by atoms with Gasteiger partial charge in [-0.1, -0.05) is 23.4 Å². The number of amides is 1. The molecule has 2 aromatic carbocycles. The lowest BCUT2D eigenvalue weighted by Crippen LogP contribution is -2.23. The standard InChI is InChI=1S/C22H24ClN5O2S/c1-4-28-20(13-24-18-11-7-17(23)8-12-18)26-27-22(28)31-15(3)21(30)25-19-9-5-16(6-10-19)14(2)29/h5-12,15,24H,4,13H2,1-3H3,(H,25,30)/t15-/m0/s1. The number of benzene rings is 2. The van der Waals surface area contributed by atoms with Crippen LogP contribution in [-0.2, 0) is 17.9 Å². The topological polar surface area (TPSA) is 88.9 Å². The zero-order valence-corrected chi connectivity index (χ0v) is 19.1. The maximum Gasteiger partial charge on any atom is 0.237 e. The first-order chi connectivity index (χ1) is 14.9. The van der Waals surface area contributed by atoms with E-state index in [0.29, 0.717) is 34.5 Å². The van der Waals surface area contributed by atoms with Gasteiger partial charge in [-0.3, -0.25) is 9.59 Å². The van der Waals surface area contributed by atoms with Crippen molar-refractivity contribution in [3.8, 4) is 0 Å². The van der Waals surface area contributed by atoms with Crippen molar-refractivity contribution in [2.24, 2.45) is 0 Å². The summed E-state index contributed by atoms with van der Waals surface area (Å²) in [6.07, 6.45) is 0. The van der Waals surface area contributed by atoms with Gasteiger partial charge in [-0.05, 0) is 69.3 Å². The Balaban J connectivity index is 1.61. The molecule has 0 bridgehead atoms. The number of halogens is 1. The van der Waals surface area contributed by atoms with Crippen LogP contribution in [0.5, 0.6) is 0 Å². The van der Waals surface area contributed by atoms with Gasteiger partial charge in [-0.15, -0.1) is 10.2 Å². The molecule has 1 amide bonds. The molecule has 0 radical (unpaired) electrons. The summed E-state index contributed by atoms with van der Waals surface area (Å²) in [7, 11) is 0. The minimum Gasteiger partial charge on any atom is -0.378 e. The molecule has 3 rings (SSSR count). The molecular weight excluding hydrogens is 434 g/mol. The van der Waals surface area contributed by atoms with Crippen LogP contribution in [0.15, 0.2) is 53.7 Å². The van der Waals surface area contributed by atoms with Crippen LogP contribution in [0.1, 0.15) is 37.0 Å². The lowest BCUT2D eigenvalue weighted by molar-refractivity contribution is -0.115. The van der Waals surface area contributed by atoms with Crippen LogP contribution in [-0.4, -0.2) is 31.7 Å². The van der Waals surface area contributed by atoms with E-state index in [0.717, 1.165) is 11.5 Å². The summed E-state index contributed by atoms with van der Waals surface area (Å²) in [4.78, 5) is 24.0. The van der Waals surface area contributed by atoms with Crippen molar-refractivity contribution >= 4 is 46.4 Å². The quantitative estimate of drug-likeness (QED) is 0.351. The SMILES string of the molecule is CCn1c(CNc2ccc(Cl)cc2)nnc1S[C@@H](C)C(=O)Nc1ccc(C(C)=O)cc1. The van der Waals surface area contributed by atoms with Crippen molar-refractivity contribution in [2.75, 3.05) is 10.6 Å². The Labute approximate surface area is 190 Å². The number of Topliss-reactive ketones (excluding diaryl/α,β-unsaturated/α-hetero) is 1. The Morgan fingerprint density at radius 3 is 2.32 bits per heavy atom. The lowest BCUT2D eigenvalue weighted by atomic mass is 10.1. The minimum atomic E-state index is -0.376. The molecule has 162 valence electrons. The van der Waals surface area contributed by atoms with Crippen LogP contribution >= 0.6 is 23.4 Å². The number of nitrogens with one attached hydrogen (secondary N) is 2. The predicted molar refractivity (Wildman–Crippen MR) is 125 cm³/mol. The highest BCUT2D eigenvalue weighted by Crippen LogP contribution is 2.24. The maximum absolute atomic E-state index is 12.6. The average Bonchev–Trinajstić information content (AvgIpc) is 3.15. The molecule has 0 spiro atoms. The molecule has 0 fully saturated rings. The third kappa shape index (κ3) is 6.08. The lowest BCUT2D eigenvalue weighted by Gasteiger charge is -2.13. The number of aromatic nitrogens is 3. The first kappa shape index (κ1) is 22.8. The molecule has 0 saturated heterocycles. The third-order valence-electron chi connectivity index (χ3n) is 4.61. The van der Waals surface area contributed by atoms with E-state index in [9.17, 15) is 9.59 Å².